The van der Waals surface area contributed by atoms with Gasteiger partial charge in [-0.15, -0.1) is 0 Å². The molecular weight excluding hydrogens is 213 g/mol. The third kappa shape index (κ3) is 3.22. The van der Waals surface area contributed by atoms with Crippen LogP contribution < -0.4 is 5.59 Å². The fraction of sp³-hybridized carbons (Fsp3) is 0.500. The summed E-state index contributed by atoms with van der Waals surface area (Å²) in [5, 5.41) is 4.38. The second kappa shape index (κ2) is 5.71. The highest BCUT2D eigenvalue weighted by atomic mass is 16.1. The summed E-state index contributed by atoms with van der Waals surface area (Å²) in [5.41, 5.74) is 2.91. The minimum Gasteiger partial charge on any atom is -0.338 e. The van der Waals surface area contributed by atoms with Gasteiger partial charge < -0.3 is 4.90 Å². The summed E-state index contributed by atoms with van der Waals surface area (Å²) in [4.78, 5) is 12.7. The maximum atomic E-state index is 10.9. The van der Waals surface area contributed by atoms with Crippen LogP contribution in [0, 0.1) is 0 Å². The van der Waals surface area contributed by atoms with Gasteiger partial charge in [-0.2, -0.15) is 5.10 Å². The Labute approximate surface area is 104 Å². The molecule has 1 amide bonds. The number of amides is 1. The second-order valence-corrected chi connectivity index (χ2v) is 4.46. The summed E-state index contributed by atoms with van der Waals surface area (Å²) in [6.07, 6.45) is 0.870. The minimum absolute atomic E-state index is 0.184. The molecule has 0 fully saturated rings. The summed E-state index contributed by atoms with van der Waals surface area (Å²) in [7, 11) is 1.96. The van der Waals surface area contributed by atoms with E-state index in [4.69, 9.17) is 0 Å². The lowest BCUT2D eigenvalue weighted by Gasteiger charge is -2.22. The van der Waals surface area contributed by atoms with Gasteiger partial charge in [0.2, 0.25) is 6.41 Å². The Morgan fingerprint density at radius 1 is 1.71 bits per heavy atom. The van der Waals surface area contributed by atoms with E-state index < -0.39 is 0 Å². The van der Waals surface area contributed by atoms with Crippen molar-refractivity contribution < 1.29 is 4.79 Å². The molecule has 5 heteroatoms. The molecular formula is C12H20BN3O. The number of aryl methyl sites for hydroxylation is 1. The molecule has 1 rings (SSSR count). The largest absolute Gasteiger partial charge is 0.338 e. The van der Waals surface area contributed by atoms with E-state index in [9.17, 15) is 4.79 Å². The quantitative estimate of drug-likeness (QED) is 0.514. The normalized spacial score (nSPS) is 10.6. The van der Waals surface area contributed by atoms with E-state index in [2.05, 4.69) is 11.7 Å². The Morgan fingerprint density at radius 3 is 2.82 bits per heavy atom. The van der Waals surface area contributed by atoms with Crippen LogP contribution >= 0.6 is 0 Å². The molecule has 0 aliphatic rings. The summed E-state index contributed by atoms with van der Waals surface area (Å²) in [5.74, 6) is 0. The predicted molar refractivity (Wildman–Crippen MR) is 73.0 cm³/mol. The number of hydrogen-bond donors (Lipinski definition) is 0. The predicted octanol–water partition coefficient (Wildman–Crippen LogP) is 0.0414. The van der Waals surface area contributed by atoms with Crippen molar-refractivity contribution in [1.82, 2.24) is 14.7 Å². The van der Waals surface area contributed by atoms with E-state index >= 15 is 0 Å². The Bertz CT molecular complexity index is 412. The third-order valence-electron chi connectivity index (χ3n) is 2.74. The standard InChI is InChI=1S/C12H20BN3O/c1-5-16-11(6-12(13)14-16)10(4)7-15(8-17)9(2)3/h6,8-9H,4-5,7,13H2,1-3H3. The van der Waals surface area contributed by atoms with Gasteiger partial charge in [0.15, 0.2) is 7.85 Å². The first-order valence-corrected chi connectivity index (χ1v) is 5.93. The van der Waals surface area contributed by atoms with Crippen molar-refractivity contribution in [3.63, 3.8) is 0 Å². The molecule has 0 saturated carbocycles. The van der Waals surface area contributed by atoms with Crippen LogP contribution in [0.3, 0.4) is 0 Å². The number of carbonyl (C=O) groups excluding carboxylic acids is 1. The van der Waals surface area contributed by atoms with Crippen molar-refractivity contribution in [3.05, 3.63) is 18.3 Å². The van der Waals surface area contributed by atoms with Crippen LogP contribution in [-0.4, -0.2) is 41.5 Å². The second-order valence-electron chi connectivity index (χ2n) is 4.46. The zero-order valence-electron chi connectivity index (χ0n) is 11.1. The summed E-state index contributed by atoms with van der Waals surface area (Å²) >= 11 is 0. The monoisotopic (exact) mass is 233 g/mol. The highest BCUT2D eigenvalue weighted by molar-refractivity contribution is 6.30. The van der Waals surface area contributed by atoms with Crippen LogP contribution in [0.1, 0.15) is 26.5 Å². The third-order valence-corrected chi connectivity index (χ3v) is 2.74. The number of nitrogens with zero attached hydrogens (tertiary/aromatic N) is 3. The highest BCUT2D eigenvalue weighted by Crippen LogP contribution is 2.13. The first-order chi connectivity index (χ1) is 7.99. The fourth-order valence-electron chi connectivity index (χ4n) is 1.71. The van der Waals surface area contributed by atoms with Crippen molar-refractivity contribution in [2.45, 2.75) is 33.4 Å². The van der Waals surface area contributed by atoms with Crippen molar-refractivity contribution in [2.75, 3.05) is 6.54 Å². The molecule has 0 bridgehead atoms. The van der Waals surface area contributed by atoms with Gasteiger partial charge in [-0.25, -0.2) is 0 Å². The number of hydrogen-bond acceptors (Lipinski definition) is 2. The lowest BCUT2D eigenvalue weighted by atomic mass is 10.0. The molecule has 0 saturated heterocycles. The van der Waals surface area contributed by atoms with Gasteiger partial charge in [0.05, 0.1) is 5.69 Å². The Morgan fingerprint density at radius 2 is 2.35 bits per heavy atom. The van der Waals surface area contributed by atoms with E-state index in [1.165, 1.54) is 0 Å². The van der Waals surface area contributed by atoms with Crippen LogP contribution in [0.5, 0.6) is 0 Å². The smallest absolute Gasteiger partial charge is 0.210 e. The lowest BCUT2D eigenvalue weighted by Crippen LogP contribution is -2.31. The Kier molecular flexibility index (Phi) is 4.55. The van der Waals surface area contributed by atoms with Crippen LogP contribution in [0.2, 0.25) is 0 Å². The van der Waals surface area contributed by atoms with Crippen molar-refractivity contribution in [2.24, 2.45) is 0 Å². The van der Waals surface area contributed by atoms with Crippen LogP contribution in [0.4, 0.5) is 0 Å². The lowest BCUT2D eigenvalue weighted by molar-refractivity contribution is -0.118. The van der Waals surface area contributed by atoms with Crippen molar-refractivity contribution in [1.29, 1.82) is 0 Å². The van der Waals surface area contributed by atoms with Crippen LogP contribution in [0.25, 0.3) is 5.57 Å². The molecule has 0 aliphatic heterocycles. The summed E-state index contributed by atoms with van der Waals surface area (Å²) < 4.78 is 1.92. The molecule has 0 spiro atoms. The maximum Gasteiger partial charge on any atom is 0.210 e. The van der Waals surface area contributed by atoms with Crippen LogP contribution in [-0.2, 0) is 11.3 Å². The maximum absolute atomic E-state index is 10.9. The Balaban J connectivity index is 2.85. The average molecular weight is 233 g/mol. The van der Waals surface area contributed by atoms with Gasteiger partial charge in [-0.3, -0.25) is 9.48 Å². The molecule has 0 N–H and O–H groups in total. The molecule has 92 valence electrons. The molecule has 0 aromatic carbocycles. The molecule has 0 atom stereocenters. The van der Waals surface area contributed by atoms with Gasteiger partial charge >= 0.3 is 0 Å². The number of rotatable bonds is 6. The van der Waals surface area contributed by atoms with E-state index in [1.807, 2.05) is 39.4 Å². The zero-order chi connectivity index (χ0) is 13.0. The molecule has 1 aromatic rings. The van der Waals surface area contributed by atoms with Gasteiger partial charge in [-0.1, -0.05) is 6.58 Å². The molecule has 0 aliphatic carbocycles. The minimum atomic E-state index is 0.184. The average Bonchev–Trinajstić information content (AvgIpc) is 2.66. The highest BCUT2D eigenvalue weighted by Gasteiger charge is 2.12. The number of aromatic nitrogens is 2. The topological polar surface area (TPSA) is 38.1 Å². The molecule has 1 aromatic heterocycles. The first kappa shape index (κ1) is 13.5. The van der Waals surface area contributed by atoms with E-state index in [-0.39, 0.29) is 6.04 Å². The SMILES string of the molecule is Bc1cc(C(=C)CN(C=O)C(C)C)n(CC)n1. The van der Waals surface area contributed by atoms with Crippen molar-refractivity contribution >= 4 is 25.4 Å². The molecule has 17 heavy (non-hydrogen) atoms. The van der Waals surface area contributed by atoms with E-state index in [0.717, 1.165) is 29.8 Å². The first-order valence-electron chi connectivity index (χ1n) is 5.93. The van der Waals surface area contributed by atoms with Gasteiger partial charge in [-0.05, 0) is 32.4 Å². The van der Waals surface area contributed by atoms with Gasteiger partial charge in [0.25, 0.3) is 0 Å². The fourth-order valence-corrected chi connectivity index (χ4v) is 1.71. The summed E-state index contributed by atoms with van der Waals surface area (Å²) in [6, 6.07) is 2.19. The van der Waals surface area contributed by atoms with Crippen molar-refractivity contribution in [3.8, 4) is 0 Å². The summed E-state index contributed by atoms with van der Waals surface area (Å²) in [6.45, 7) is 11.4. The molecule has 0 radical (unpaired) electrons. The van der Waals surface area contributed by atoms with Gasteiger partial charge in [0.1, 0.15) is 0 Å². The molecule has 4 nitrogen and oxygen atoms in total. The van der Waals surface area contributed by atoms with Crippen LogP contribution in [0.15, 0.2) is 12.6 Å². The Hall–Kier alpha value is -1.52. The molecule has 0 unspecified atom stereocenters. The van der Waals surface area contributed by atoms with Gasteiger partial charge in [0, 0.05) is 24.7 Å². The van der Waals surface area contributed by atoms with E-state index in [1.54, 1.807) is 4.90 Å². The van der Waals surface area contributed by atoms with E-state index in [0.29, 0.717) is 6.54 Å². The molecule has 1 heterocycles. The zero-order valence-corrected chi connectivity index (χ0v) is 11.1. The number of carbonyl (C=O) groups is 1.